The third-order valence-electron chi connectivity index (χ3n) is 4.83. The predicted molar refractivity (Wildman–Crippen MR) is 87.7 cm³/mol. The number of carbonyl (C=O) groups excluding carboxylic acids is 1. The summed E-state index contributed by atoms with van der Waals surface area (Å²) < 4.78 is 0. The van der Waals surface area contributed by atoms with Crippen molar-refractivity contribution in [3.05, 3.63) is 23.9 Å². The molecule has 3 rings (SSSR count). The number of hydrogen-bond donors (Lipinski definition) is 1. The van der Waals surface area contributed by atoms with Crippen molar-refractivity contribution in [2.24, 2.45) is 11.7 Å². The van der Waals surface area contributed by atoms with Crippen LogP contribution in [0.4, 0.5) is 5.82 Å². The molecular formula is C17H26N4O. The van der Waals surface area contributed by atoms with Crippen LogP contribution >= 0.6 is 0 Å². The van der Waals surface area contributed by atoms with Gasteiger partial charge in [-0.25, -0.2) is 4.98 Å². The highest BCUT2D eigenvalue weighted by atomic mass is 16.2. The molecule has 0 bridgehead atoms. The maximum Gasteiger partial charge on any atom is 0.225 e. The number of aryl methyl sites for hydroxylation is 1. The van der Waals surface area contributed by atoms with E-state index in [0.29, 0.717) is 5.91 Å². The molecule has 2 saturated heterocycles. The van der Waals surface area contributed by atoms with Crippen LogP contribution in [0.15, 0.2) is 18.3 Å². The molecule has 2 N–H and O–H groups in total. The number of likely N-dealkylation sites (tertiary alicyclic amines) is 1. The zero-order valence-corrected chi connectivity index (χ0v) is 13.4. The first-order chi connectivity index (χ1) is 10.6. The number of rotatable bonds is 2. The lowest BCUT2D eigenvalue weighted by Crippen LogP contribution is -2.49. The normalized spacial score (nSPS) is 23.6. The molecule has 2 aliphatic rings. The first-order valence-electron chi connectivity index (χ1n) is 8.35. The van der Waals surface area contributed by atoms with Crippen LogP contribution in [0.3, 0.4) is 0 Å². The maximum absolute atomic E-state index is 12.6. The van der Waals surface area contributed by atoms with Crippen molar-refractivity contribution in [3.63, 3.8) is 0 Å². The molecule has 3 heterocycles. The molecule has 0 saturated carbocycles. The Hall–Kier alpha value is -1.62. The van der Waals surface area contributed by atoms with Crippen molar-refractivity contribution in [1.82, 2.24) is 9.88 Å². The van der Waals surface area contributed by atoms with Crippen LogP contribution in [0.25, 0.3) is 0 Å². The topological polar surface area (TPSA) is 62.5 Å². The van der Waals surface area contributed by atoms with E-state index in [1.807, 2.05) is 18.0 Å². The van der Waals surface area contributed by atoms with Gasteiger partial charge in [0, 0.05) is 44.3 Å². The number of aromatic nitrogens is 1. The van der Waals surface area contributed by atoms with Crippen LogP contribution in [0.1, 0.15) is 31.2 Å². The van der Waals surface area contributed by atoms with E-state index in [2.05, 4.69) is 22.0 Å². The summed E-state index contributed by atoms with van der Waals surface area (Å²) in [5.74, 6) is 1.50. The van der Waals surface area contributed by atoms with E-state index in [1.54, 1.807) is 0 Å². The first kappa shape index (κ1) is 15.3. The van der Waals surface area contributed by atoms with Gasteiger partial charge in [0.25, 0.3) is 0 Å². The molecule has 1 aromatic heterocycles. The Morgan fingerprint density at radius 2 is 2.00 bits per heavy atom. The SMILES string of the molecule is Cc1ccc(N2CCC(C(=O)N3CCC[C@H](N)C3)CC2)nc1. The number of carbonyl (C=O) groups is 1. The number of anilines is 1. The number of pyridine rings is 1. The molecule has 2 fully saturated rings. The molecule has 0 unspecified atom stereocenters. The van der Waals surface area contributed by atoms with E-state index in [-0.39, 0.29) is 12.0 Å². The van der Waals surface area contributed by atoms with Crippen LogP contribution in [-0.4, -0.2) is 48.0 Å². The molecule has 1 atom stereocenters. The Balaban J connectivity index is 1.55. The highest BCUT2D eigenvalue weighted by molar-refractivity contribution is 5.79. The molecule has 5 heteroatoms. The number of nitrogens with two attached hydrogens (primary N) is 1. The van der Waals surface area contributed by atoms with E-state index in [9.17, 15) is 4.79 Å². The van der Waals surface area contributed by atoms with Crippen LogP contribution < -0.4 is 10.6 Å². The van der Waals surface area contributed by atoms with Gasteiger partial charge in [-0.15, -0.1) is 0 Å². The van der Waals surface area contributed by atoms with E-state index >= 15 is 0 Å². The van der Waals surface area contributed by atoms with Crippen molar-refractivity contribution in [3.8, 4) is 0 Å². The minimum absolute atomic E-state index is 0.159. The number of piperidine rings is 2. The largest absolute Gasteiger partial charge is 0.357 e. The molecule has 120 valence electrons. The molecule has 1 aromatic rings. The smallest absolute Gasteiger partial charge is 0.225 e. The van der Waals surface area contributed by atoms with Crippen molar-refractivity contribution in [2.45, 2.75) is 38.6 Å². The molecular weight excluding hydrogens is 276 g/mol. The third kappa shape index (κ3) is 3.40. The van der Waals surface area contributed by atoms with Crippen molar-refractivity contribution in [1.29, 1.82) is 0 Å². The first-order valence-corrected chi connectivity index (χ1v) is 8.35. The number of amides is 1. The van der Waals surface area contributed by atoms with E-state index < -0.39 is 0 Å². The highest BCUT2D eigenvalue weighted by Gasteiger charge is 2.30. The van der Waals surface area contributed by atoms with Crippen LogP contribution in [-0.2, 0) is 4.79 Å². The van der Waals surface area contributed by atoms with Gasteiger partial charge < -0.3 is 15.5 Å². The van der Waals surface area contributed by atoms with Gasteiger partial charge in [0.2, 0.25) is 5.91 Å². The molecule has 1 amide bonds. The van der Waals surface area contributed by atoms with Crippen LogP contribution in [0, 0.1) is 12.8 Å². The molecule has 0 aromatic carbocycles. The summed E-state index contributed by atoms with van der Waals surface area (Å²) in [6.45, 7) is 5.48. The second-order valence-corrected chi connectivity index (χ2v) is 6.64. The lowest BCUT2D eigenvalue weighted by Gasteiger charge is -2.37. The van der Waals surface area contributed by atoms with Gasteiger partial charge in [-0.3, -0.25) is 4.79 Å². The minimum atomic E-state index is 0.159. The average Bonchev–Trinajstić information content (AvgIpc) is 2.55. The van der Waals surface area contributed by atoms with Crippen molar-refractivity contribution >= 4 is 11.7 Å². The lowest BCUT2D eigenvalue weighted by atomic mass is 9.94. The van der Waals surface area contributed by atoms with Gasteiger partial charge in [0.1, 0.15) is 5.82 Å². The predicted octanol–water partition coefficient (Wildman–Crippen LogP) is 1.56. The molecule has 0 aliphatic carbocycles. The standard InChI is InChI=1S/C17H26N4O/c1-13-4-5-16(19-11-13)20-9-6-14(7-10-20)17(22)21-8-2-3-15(18)12-21/h4-5,11,14-15H,2-3,6-10,12,18H2,1H3/t15-/m0/s1. The third-order valence-corrected chi connectivity index (χ3v) is 4.83. The molecule has 2 aliphatic heterocycles. The summed E-state index contributed by atoms with van der Waals surface area (Å²) >= 11 is 0. The van der Waals surface area contributed by atoms with Gasteiger partial charge in [0.15, 0.2) is 0 Å². The summed E-state index contributed by atoms with van der Waals surface area (Å²) in [7, 11) is 0. The Morgan fingerprint density at radius 3 is 2.64 bits per heavy atom. The summed E-state index contributed by atoms with van der Waals surface area (Å²) in [5, 5.41) is 0. The average molecular weight is 302 g/mol. The molecule has 0 radical (unpaired) electrons. The van der Waals surface area contributed by atoms with E-state index in [4.69, 9.17) is 5.73 Å². The second kappa shape index (κ2) is 6.65. The quantitative estimate of drug-likeness (QED) is 0.900. The zero-order chi connectivity index (χ0) is 15.5. The second-order valence-electron chi connectivity index (χ2n) is 6.64. The van der Waals surface area contributed by atoms with E-state index in [1.165, 1.54) is 5.56 Å². The van der Waals surface area contributed by atoms with Crippen molar-refractivity contribution < 1.29 is 4.79 Å². The Labute approximate surface area is 132 Å². The van der Waals surface area contributed by atoms with Crippen LogP contribution in [0.5, 0.6) is 0 Å². The lowest BCUT2D eigenvalue weighted by molar-refractivity contribution is -0.137. The fraction of sp³-hybridized carbons (Fsp3) is 0.647. The number of hydrogen-bond acceptors (Lipinski definition) is 4. The Bertz CT molecular complexity index is 508. The fourth-order valence-electron chi connectivity index (χ4n) is 3.47. The van der Waals surface area contributed by atoms with Gasteiger partial charge in [-0.05, 0) is 44.2 Å². The molecule has 22 heavy (non-hydrogen) atoms. The van der Waals surface area contributed by atoms with E-state index in [0.717, 1.165) is 57.7 Å². The highest BCUT2D eigenvalue weighted by Crippen LogP contribution is 2.24. The van der Waals surface area contributed by atoms with Gasteiger partial charge in [-0.1, -0.05) is 6.07 Å². The number of nitrogens with zero attached hydrogens (tertiary/aromatic N) is 3. The minimum Gasteiger partial charge on any atom is -0.357 e. The zero-order valence-electron chi connectivity index (χ0n) is 13.4. The van der Waals surface area contributed by atoms with Crippen LogP contribution in [0.2, 0.25) is 0 Å². The summed E-state index contributed by atoms with van der Waals surface area (Å²) in [6.07, 6.45) is 5.82. The fourth-order valence-corrected chi connectivity index (χ4v) is 3.47. The summed E-state index contributed by atoms with van der Waals surface area (Å²) in [4.78, 5) is 21.4. The maximum atomic E-state index is 12.6. The van der Waals surface area contributed by atoms with Gasteiger partial charge in [0.05, 0.1) is 0 Å². The van der Waals surface area contributed by atoms with Gasteiger partial charge >= 0.3 is 0 Å². The molecule has 5 nitrogen and oxygen atoms in total. The monoisotopic (exact) mass is 302 g/mol. The Kier molecular flexibility index (Phi) is 4.62. The Morgan fingerprint density at radius 1 is 1.23 bits per heavy atom. The summed E-state index contributed by atoms with van der Waals surface area (Å²) in [5.41, 5.74) is 7.17. The summed E-state index contributed by atoms with van der Waals surface area (Å²) in [6, 6.07) is 4.32. The van der Waals surface area contributed by atoms with Crippen molar-refractivity contribution in [2.75, 3.05) is 31.1 Å². The van der Waals surface area contributed by atoms with Gasteiger partial charge in [-0.2, -0.15) is 0 Å². The molecule has 0 spiro atoms.